The molecule has 1 aliphatic rings. The number of likely N-dealkylation sites (tertiary alicyclic amines) is 1. The Morgan fingerprint density at radius 1 is 1.48 bits per heavy atom. The van der Waals surface area contributed by atoms with Crippen molar-refractivity contribution in [3.05, 3.63) is 28.6 Å². The van der Waals surface area contributed by atoms with Crippen molar-refractivity contribution in [2.24, 2.45) is 0 Å². The summed E-state index contributed by atoms with van der Waals surface area (Å²) in [5.41, 5.74) is 0.0398. The van der Waals surface area contributed by atoms with Gasteiger partial charge in [0.15, 0.2) is 0 Å². The predicted molar refractivity (Wildman–Crippen MR) is 90.3 cm³/mol. The van der Waals surface area contributed by atoms with Crippen LogP contribution >= 0.6 is 15.9 Å². The number of amides is 1. The van der Waals surface area contributed by atoms with Crippen LogP contribution < -0.4 is 5.32 Å². The molecule has 0 unspecified atom stereocenters. The molecule has 2 rings (SSSR count). The van der Waals surface area contributed by atoms with Crippen LogP contribution in [0, 0.1) is 11.3 Å². The number of carbonyl (C=O) groups excluding carboxylic acids is 1. The molecule has 1 aromatic rings. The Kier molecular flexibility index (Phi) is 6.07. The Hall–Kier alpha value is -1.98. The molecule has 0 aromatic carbocycles. The molecule has 8 heteroatoms. The lowest BCUT2D eigenvalue weighted by Gasteiger charge is -2.34. The Morgan fingerprint density at radius 3 is 2.65 bits per heavy atom. The lowest BCUT2D eigenvalue weighted by molar-refractivity contribution is -0.128. The van der Waals surface area contributed by atoms with Crippen LogP contribution in [0.1, 0.15) is 12.8 Å². The summed E-state index contributed by atoms with van der Waals surface area (Å²) in [6, 6.07) is 2.11. The largest absolute Gasteiger partial charge is 0.338 e. The standard InChI is InChI=1S/C15H19BrN6O/c1-21-5-3-13(4-6-21)22(2)14(23)11(7-17)8-18-15-19-9-12(16)10-20-15/h8-10,13H,3-6H2,1-2H3,(H,18,19,20)/b11-8-. The van der Waals surface area contributed by atoms with Crippen molar-refractivity contribution in [3.8, 4) is 6.07 Å². The number of halogens is 1. The number of anilines is 1. The van der Waals surface area contributed by atoms with Crippen molar-refractivity contribution in [2.45, 2.75) is 18.9 Å². The van der Waals surface area contributed by atoms with Crippen molar-refractivity contribution in [1.29, 1.82) is 5.26 Å². The predicted octanol–water partition coefficient (Wildman–Crippen LogP) is 1.61. The molecule has 0 radical (unpaired) electrons. The highest BCUT2D eigenvalue weighted by Gasteiger charge is 2.25. The van der Waals surface area contributed by atoms with Crippen LogP contribution in [0.3, 0.4) is 0 Å². The van der Waals surface area contributed by atoms with Crippen molar-refractivity contribution in [1.82, 2.24) is 19.8 Å². The SMILES string of the molecule is CN1CCC(N(C)C(=O)/C(C#N)=C\Nc2ncc(Br)cn2)CC1. The van der Waals surface area contributed by atoms with E-state index in [0.717, 1.165) is 30.4 Å². The molecule has 1 fully saturated rings. The number of aromatic nitrogens is 2. The first kappa shape index (κ1) is 17.4. The van der Waals surface area contributed by atoms with Crippen molar-refractivity contribution >= 4 is 27.8 Å². The third kappa shape index (κ3) is 4.74. The normalized spacial score (nSPS) is 16.7. The van der Waals surface area contributed by atoms with Gasteiger partial charge in [-0.2, -0.15) is 5.26 Å². The molecule has 1 saturated heterocycles. The molecular formula is C15H19BrN6O. The van der Waals surface area contributed by atoms with Crippen LogP contribution in [0.5, 0.6) is 0 Å². The average molecular weight is 379 g/mol. The summed E-state index contributed by atoms with van der Waals surface area (Å²) in [5, 5.41) is 12.0. The van der Waals surface area contributed by atoms with Gasteiger partial charge in [-0.05, 0) is 48.9 Å². The van der Waals surface area contributed by atoms with Gasteiger partial charge in [-0.1, -0.05) is 0 Å². The Morgan fingerprint density at radius 2 is 2.09 bits per heavy atom. The fourth-order valence-electron chi connectivity index (χ4n) is 2.40. The third-order valence-corrected chi connectivity index (χ3v) is 4.28. The smallest absolute Gasteiger partial charge is 0.266 e. The van der Waals surface area contributed by atoms with Gasteiger partial charge in [0.2, 0.25) is 5.95 Å². The van der Waals surface area contributed by atoms with Crippen LogP contribution in [0.2, 0.25) is 0 Å². The Bertz CT molecular complexity index is 616. The van der Waals surface area contributed by atoms with Gasteiger partial charge in [0, 0.05) is 31.7 Å². The highest BCUT2D eigenvalue weighted by atomic mass is 79.9. The van der Waals surface area contributed by atoms with E-state index >= 15 is 0 Å². The Balaban J connectivity index is 2.01. The molecule has 0 atom stereocenters. The molecule has 1 aliphatic heterocycles. The topological polar surface area (TPSA) is 85.2 Å². The second kappa shape index (κ2) is 8.04. The summed E-state index contributed by atoms with van der Waals surface area (Å²) < 4.78 is 0.755. The van der Waals surface area contributed by atoms with Gasteiger partial charge in [0.05, 0.1) is 4.47 Å². The number of nitrogens with one attached hydrogen (secondary N) is 1. The highest BCUT2D eigenvalue weighted by molar-refractivity contribution is 9.10. The van der Waals surface area contributed by atoms with Gasteiger partial charge < -0.3 is 15.1 Å². The van der Waals surface area contributed by atoms with E-state index < -0.39 is 0 Å². The van der Waals surface area contributed by atoms with Crippen molar-refractivity contribution < 1.29 is 4.79 Å². The molecule has 0 aliphatic carbocycles. The molecule has 0 bridgehead atoms. The molecule has 0 saturated carbocycles. The minimum Gasteiger partial charge on any atom is -0.338 e. The second-order valence-electron chi connectivity index (χ2n) is 5.49. The van der Waals surface area contributed by atoms with Crippen LogP contribution in [-0.4, -0.2) is 58.9 Å². The van der Waals surface area contributed by atoms with E-state index in [1.807, 2.05) is 6.07 Å². The van der Waals surface area contributed by atoms with Gasteiger partial charge in [-0.15, -0.1) is 0 Å². The van der Waals surface area contributed by atoms with E-state index in [1.54, 1.807) is 24.3 Å². The molecule has 1 amide bonds. The van der Waals surface area contributed by atoms with Gasteiger partial charge in [-0.3, -0.25) is 4.79 Å². The van der Waals surface area contributed by atoms with Crippen LogP contribution in [0.15, 0.2) is 28.6 Å². The number of nitrogens with zero attached hydrogens (tertiary/aromatic N) is 5. The number of carbonyl (C=O) groups is 1. The van der Waals surface area contributed by atoms with Gasteiger partial charge in [-0.25, -0.2) is 9.97 Å². The van der Waals surface area contributed by atoms with E-state index in [0.29, 0.717) is 5.95 Å². The maximum absolute atomic E-state index is 12.5. The number of rotatable bonds is 4. The summed E-state index contributed by atoms with van der Waals surface area (Å²) in [5.74, 6) is 0.0439. The summed E-state index contributed by atoms with van der Waals surface area (Å²) in [7, 11) is 3.82. The number of hydrogen-bond acceptors (Lipinski definition) is 6. The Labute approximate surface area is 144 Å². The summed E-state index contributed by atoms with van der Waals surface area (Å²) in [4.78, 5) is 24.4. The fraction of sp³-hybridized carbons (Fsp3) is 0.467. The highest BCUT2D eigenvalue weighted by Crippen LogP contribution is 2.16. The third-order valence-electron chi connectivity index (χ3n) is 3.87. The minimum atomic E-state index is -0.285. The molecule has 1 N–H and O–H groups in total. The quantitative estimate of drug-likeness (QED) is 0.632. The first-order valence-corrected chi connectivity index (χ1v) is 8.10. The van der Waals surface area contributed by atoms with Crippen molar-refractivity contribution in [3.63, 3.8) is 0 Å². The maximum Gasteiger partial charge on any atom is 0.266 e. The number of hydrogen-bond donors (Lipinski definition) is 1. The lowest BCUT2D eigenvalue weighted by atomic mass is 10.0. The van der Waals surface area contributed by atoms with Crippen LogP contribution in [0.25, 0.3) is 0 Å². The molecule has 1 aromatic heterocycles. The van der Waals surface area contributed by atoms with E-state index in [-0.39, 0.29) is 17.5 Å². The lowest BCUT2D eigenvalue weighted by Crippen LogP contribution is -2.44. The maximum atomic E-state index is 12.5. The zero-order valence-electron chi connectivity index (χ0n) is 13.2. The first-order chi connectivity index (χ1) is 11.0. The van der Waals surface area contributed by atoms with E-state index in [4.69, 9.17) is 0 Å². The van der Waals surface area contributed by atoms with Crippen LogP contribution in [0.4, 0.5) is 5.95 Å². The summed E-state index contributed by atoms with van der Waals surface area (Å²) >= 11 is 3.24. The molecule has 2 heterocycles. The second-order valence-corrected chi connectivity index (χ2v) is 6.41. The minimum absolute atomic E-state index is 0.0398. The molecule has 122 valence electrons. The number of piperidine rings is 1. The van der Waals surface area contributed by atoms with Crippen molar-refractivity contribution in [2.75, 3.05) is 32.5 Å². The molecule has 0 spiro atoms. The summed E-state index contributed by atoms with van der Waals surface area (Å²) in [6.07, 6.45) is 6.36. The molecular weight excluding hydrogens is 360 g/mol. The van der Waals surface area contributed by atoms with Gasteiger partial charge in [0.1, 0.15) is 11.6 Å². The number of likely N-dealkylation sites (N-methyl/N-ethyl adjacent to an activating group) is 1. The van der Waals surface area contributed by atoms with E-state index in [1.165, 1.54) is 6.20 Å². The fourth-order valence-corrected chi connectivity index (χ4v) is 2.61. The average Bonchev–Trinajstić information content (AvgIpc) is 2.57. The monoisotopic (exact) mass is 378 g/mol. The van der Waals surface area contributed by atoms with E-state index in [9.17, 15) is 10.1 Å². The van der Waals surface area contributed by atoms with Crippen LogP contribution in [-0.2, 0) is 4.79 Å². The first-order valence-electron chi connectivity index (χ1n) is 7.31. The van der Waals surface area contributed by atoms with E-state index in [2.05, 4.69) is 43.2 Å². The summed E-state index contributed by atoms with van der Waals surface area (Å²) in [6.45, 7) is 1.91. The zero-order chi connectivity index (χ0) is 16.8. The molecule has 7 nitrogen and oxygen atoms in total. The van der Waals surface area contributed by atoms with Gasteiger partial charge in [0.25, 0.3) is 5.91 Å². The number of nitriles is 1. The zero-order valence-corrected chi connectivity index (χ0v) is 14.7. The van der Waals surface area contributed by atoms with Gasteiger partial charge >= 0.3 is 0 Å². The molecule has 23 heavy (non-hydrogen) atoms.